The largest absolute Gasteiger partial charge is 0.381 e. The Morgan fingerprint density at radius 1 is 1.09 bits per heavy atom. The molecule has 2 unspecified atom stereocenters. The first-order valence-corrected chi connectivity index (χ1v) is 11.8. The number of hydrogen-bond donors (Lipinski definition) is 2. The Bertz CT molecular complexity index is 1000. The van der Waals surface area contributed by atoms with Gasteiger partial charge >= 0.3 is 0 Å². The number of rotatable bonds is 5. The van der Waals surface area contributed by atoms with Crippen LogP contribution in [0.1, 0.15) is 58.4 Å². The summed E-state index contributed by atoms with van der Waals surface area (Å²) < 4.78 is 5.54. The van der Waals surface area contributed by atoms with Crippen LogP contribution < -0.4 is 11.1 Å². The van der Waals surface area contributed by atoms with Gasteiger partial charge < -0.3 is 10.5 Å². The van der Waals surface area contributed by atoms with Crippen molar-refractivity contribution in [1.29, 1.82) is 0 Å². The summed E-state index contributed by atoms with van der Waals surface area (Å²) >= 11 is 0. The normalized spacial score (nSPS) is 29.0. The van der Waals surface area contributed by atoms with Crippen molar-refractivity contribution in [3.05, 3.63) is 34.9 Å². The maximum absolute atomic E-state index is 13.3. The lowest BCUT2D eigenvalue weighted by Crippen LogP contribution is -2.54. The molecule has 176 valence electrons. The molecule has 0 aliphatic carbocycles. The van der Waals surface area contributed by atoms with Gasteiger partial charge in [0.25, 0.3) is 11.8 Å². The Labute approximate surface area is 192 Å². The molecule has 4 heterocycles. The highest BCUT2D eigenvalue weighted by molar-refractivity contribution is 6.24. The number of ether oxygens (including phenoxy) is 1. The summed E-state index contributed by atoms with van der Waals surface area (Å²) in [5.74, 6) is -1.35. The Morgan fingerprint density at radius 2 is 1.88 bits per heavy atom. The van der Waals surface area contributed by atoms with E-state index in [9.17, 15) is 19.2 Å². The lowest BCUT2D eigenvalue weighted by Gasteiger charge is -2.39. The molecule has 1 aromatic carbocycles. The molecule has 3 N–H and O–H groups in total. The molecule has 1 aromatic rings. The molecule has 0 spiro atoms. The molecule has 0 bridgehead atoms. The Hall–Kier alpha value is -2.62. The summed E-state index contributed by atoms with van der Waals surface area (Å²) in [6, 6.07) is 4.36. The van der Waals surface area contributed by atoms with Crippen LogP contribution in [0.5, 0.6) is 0 Å². The van der Waals surface area contributed by atoms with E-state index in [1.807, 2.05) is 6.07 Å². The number of fused-ring (bicyclic) bond motifs is 1. The Balaban J connectivity index is 1.36. The van der Waals surface area contributed by atoms with Crippen molar-refractivity contribution in [2.75, 3.05) is 32.8 Å². The second-order valence-electron chi connectivity index (χ2n) is 9.70. The molecule has 3 saturated heterocycles. The van der Waals surface area contributed by atoms with Gasteiger partial charge in [-0.05, 0) is 61.7 Å². The van der Waals surface area contributed by atoms with Crippen molar-refractivity contribution in [3.8, 4) is 0 Å². The summed E-state index contributed by atoms with van der Waals surface area (Å²) in [6.45, 7) is 4.49. The molecule has 33 heavy (non-hydrogen) atoms. The molecule has 9 nitrogen and oxygen atoms in total. The minimum absolute atomic E-state index is 0.0559. The number of nitrogens with one attached hydrogen (secondary N) is 1. The topological polar surface area (TPSA) is 122 Å². The summed E-state index contributed by atoms with van der Waals surface area (Å²) in [5.41, 5.74) is 7.83. The second kappa shape index (κ2) is 8.62. The van der Waals surface area contributed by atoms with Gasteiger partial charge in [0.1, 0.15) is 6.04 Å². The lowest BCUT2D eigenvalue weighted by molar-refractivity contribution is -0.136. The maximum atomic E-state index is 13.3. The van der Waals surface area contributed by atoms with Crippen LogP contribution >= 0.6 is 0 Å². The quantitative estimate of drug-likeness (QED) is 0.627. The fourth-order valence-electron chi connectivity index (χ4n) is 6.05. The van der Waals surface area contributed by atoms with Crippen LogP contribution in [0.25, 0.3) is 0 Å². The van der Waals surface area contributed by atoms with Crippen molar-refractivity contribution in [1.82, 2.24) is 15.1 Å². The van der Waals surface area contributed by atoms with E-state index in [0.717, 1.165) is 56.0 Å². The number of amides is 4. The molecule has 0 saturated carbocycles. The van der Waals surface area contributed by atoms with Crippen molar-refractivity contribution in [2.24, 2.45) is 17.1 Å². The van der Waals surface area contributed by atoms with E-state index in [4.69, 9.17) is 10.5 Å². The van der Waals surface area contributed by atoms with Gasteiger partial charge in [-0.1, -0.05) is 12.1 Å². The van der Waals surface area contributed by atoms with Gasteiger partial charge in [0.2, 0.25) is 11.8 Å². The van der Waals surface area contributed by atoms with E-state index < -0.39 is 23.8 Å². The van der Waals surface area contributed by atoms with Crippen molar-refractivity contribution in [3.63, 3.8) is 0 Å². The predicted molar refractivity (Wildman–Crippen MR) is 118 cm³/mol. The van der Waals surface area contributed by atoms with Crippen molar-refractivity contribution in [2.45, 2.75) is 44.7 Å². The van der Waals surface area contributed by atoms with Crippen molar-refractivity contribution < 1.29 is 23.9 Å². The van der Waals surface area contributed by atoms with Crippen LogP contribution in [0.4, 0.5) is 0 Å². The number of likely N-dealkylation sites (tertiary alicyclic amines) is 1. The highest BCUT2D eigenvalue weighted by atomic mass is 16.5. The summed E-state index contributed by atoms with van der Waals surface area (Å²) in [6.07, 6.45) is 3.33. The number of nitrogens with zero attached hydrogens (tertiary/aromatic N) is 2. The predicted octanol–water partition coefficient (Wildman–Crippen LogP) is 0.665. The molecule has 5 rings (SSSR count). The zero-order chi connectivity index (χ0) is 23.2. The van der Waals surface area contributed by atoms with Gasteiger partial charge in [-0.25, -0.2) is 0 Å². The molecule has 0 radical (unpaired) electrons. The van der Waals surface area contributed by atoms with Crippen LogP contribution in [0.2, 0.25) is 0 Å². The van der Waals surface area contributed by atoms with Gasteiger partial charge in [-0.3, -0.25) is 34.3 Å². The molecular formula is C24H30N4O5. The number of hydrogen-bond acceptors (Lipinski definition) is 7. The van der Waals surface area contributed by atoms with E-state index >= 15 is 0 Å². The van der Waals surface area contributed by atoms with Crippen LogP contribution in [-0.4, -0.2) is 72.3 Å². The molecule has 4 amide bonds. The van der Waals surface area contributed by atoms with Crippen LogP contribution in [0.15, 0.2) is 18.2 Å². The first-order valence-electron chi connectivity index (χ1n) is 11.8. The number of benzene rings is 1. The number of carbonyl (C=O) groups excluding carboxylic acids is 4. The number of piperidine rings is 1. The maximum Gasteiger partial charge on any atom is 0.262 e. The summed E-state index contributed by atoms with van der Waals surface area (Å²) in [4.78, 5) is 53.6. The number of carbonyl (C=O) groups is 4. The standard InChI is InChI=1S/C24H30N4O5/c25-13-24(16-6-10-33-11-7-16)8-9-27(14-24)12-15-2-1-3-17-20(15)23(32)28(22(17)31)18-4-5-19(29)26-21(18)30/h1-3,16,18H,4-14,25H2,(H,26,29,30). The van der Waals surface area contributed by atoms with Gasteiger partial charge in [0, 0.05) is 32.7 Å². The molecule has 0 aromatic heterocycles. The van der Waals surface area contributed by atoms with Crippen LogP contribution in [0.3, 0.4) is 0 Å². The minimum Gasteiger partial charge on any atom is -0.381 e. The highest BCUT2D eigenvalue weighted by Crippen LogP contribution is 2.42. The van der Waals surface area contributed by atoms with Gasteiger partial charge in [-0.2, -0.15) is 0 Å². The van der Waals surface area contributed by atoms with Gasteiger partial charge in [-0.15, -0.1) is 0 Å². The second-order valence-corrected chi connectivity index (χ2v) is 9.70. The van der Waals surface area contributed by atoms with Crippen molar-refractivity contribution >= 4 is 23.6 Å². The third-order valence-corrected chi connectivity index (χ3v) is 7.91. The Kier molecular flexibility index (Phi) is 5.80. The van der Waals surface area contributed by atoms with Crippen LogP contribution in [-0.2, 0) is 20.9 Å². The third kappa shape index (κ3) is 3.78. The van der Waals surface area contributed by atoms with E-state index in [2.05, 4.69) is 10.2 Å². The molecule has 4 aliphatic heterocycles. The Morgan fingerprint density at radius 3 is 2.61 bits per heavy atom. The summed E-state index contributed by atoms with van der Waals surface area (Å²) in [5, 5.41) is 2.24. The van der Waals surface area contributed by atoms with Gasteiger partial charge in [0.05, 0.1) is 11.1 Å². The monoisotopic (exact) mass is 454 g/mol. The molecule has 9 heteroatoms. The number of nitrogens with two attached hydrogens (primary N) is 1. The molecule has 2 atom stereocenters. The number of imide groups is 2. The van der Waals surface area contributed by atoms with E-state index in [1.165, 1.54) is 0 Å². The fraction of sp³-hybridized carbons (Fsp3) is 0.583. The van der Waals surface area contributed by atoms with Gasteiger partial charge in [0.15, 0.2) is 0 Å². The first-order chi connectivity index (χ1) is 15.9. The van der Waals surface area contributed by atoms with E-state index in [1.54, 1.807) is 12.1 Å². The average Bonchev–Trinajstić information content (AvgIpc) is 3.35. The summed E-state index contributed by atoms with van der Waals surface area (Å²) in [7, 11) is 0. The zero-order valence-corrected chi connectivity index (χ0v) is 18.7. The third-order valence-electron chi connectivity index (χ3n) is 7.91. The minimum atomic E-state index is -0.951. The van der Waals surface area contributed by atoms with E-state index in [0.29, 0.717) is 30.1 Å². The van der Waals surface area contributed by atoms with E-state index in [-0.39, 0.29) is 24.2 Å². The molecular weight excluding hydrogens is 424 g/mol. The highest BCUT2D eigenvalue weighted by Gasteiger charge is 2.47. The molecule has 3 fully saturated rings. The SMILES string of the molecule is NCC1(C2CCOCC2)CCN(Cc2cccc3c2C(=O)N(C2CCC(=O)NC2=O)C3=O)C1. The average molecular weight is 455 g/mol. The fourth-order valence-corrected chi connectivity index (χ4v) is 6.05. The lowest BCUT2D eigenvalue weighted by atomic mass is 9.71. The van der Waals surface area contributed by atoms with Crippen LogP contribution in [0, 0.1) is 11.3 Å². The molecule has 4 aliphatic rings. The first kappa shape index (κ1) is 22.2. The zero-order valence-electron chi connectivity index (χ0n) is 18.7. The smallest absolute Gasteiger partial charge is 0.262 e.